The molecule has 28 heavy (non-hydrogen) atoms. The molecule has 2 aliphatic rings. The van der Waals surface area contributed by atoms with Crippen molar-refractivity contribution in [3.05, 3.63) is 23.8 Å². The summed E-state index contributed by atoms with van der Waals surface area (Å²) in [5, 5.41) is 0. The van der Waals surface area contributed by atoms with E-state index >= 15 is 0 Å². The monoisotopic (exact) mass is 420 g/mol. The lowest BCUT2D eigenvalue weighted by Crippen LogP contribution is -2.57. The van der Waals surface area contributed by atoms with Gasteiger partial charge in [0.15, 0.2) is 13.0 Å². The van der Waals surface area contributed by atoms with Crippen molar-refractivity contribution in [2.75, 3.05) is 19.9 Å². The summed E-state index contributed by atoms with van der Waals surface area (Å²) in [7, 11) is 0. The maximum absolute atomic E-state index is 13.5. The van der Waals surface area contributed by atoms with Gasteiger partial charge in [0, 0.05) is 11.5 Å². The van der Waals surface area contributed by atoms with Crippen molar-refractivity contribution < 1.29 is 44.9 Å². The van der Waals surface area contributed by atoms with Crippen LogP contribution in [0.2, 0.25) is 0 Å². The minimum atomic E-state index is -5.99. The van der Waals surface area contributed by atoms with E-state index in [-0.39, 0.29) is 12.3 Å². The topological polar surface area (TPSA) is 27.7 Å². The number of hydrogen-bond acceptors (Lipinski definition) is 3. The second-order valence-corrected chi connectivity index (χ2v) is 6.89. The van der Waals surface area contributed by atoms with Crippen LogP contribution in [0, 0.1) is 5.92 Å². The van der Waals surface area contributed by atoms with Gasteiger partial charge in [0.25, 0.3) is 0 Å². The fraction of sp³-hybridized carbons (Fsp3) is 0.778. The number of ether oxygens (including phenoxy) is 3. The van der Waals surface area contributed by atoms with Gasteiger partial charge < -0.3 is 14.2 Å². The number of unbranched alkanes of at least 4 members (excludes halogenated alkanes) is 1. The number of rotatable bonds is 9. The Morgan fingerprint density at radius 3 is 2.25 bits per heavy atom. The Labute approximate surface area is 158 Å². The summed E-state index contributed by atoms with van der Waals surface area (Å²) in [6.07, 6.45) is -1.34. The average Bonchev–Trinajstić information content (AvgIpc) is 2.67. The third-order valence-corrected chi connectivity index (χ3v) is 4.59. The lowest BCUT2D eigenvalue weighted by Gasteiger charge is -2.34. The van der Waals surface area contributed by atoms with Gasteiger partial charge in [-0.2, -0.15) is 26.3 Å². The second kappa shape index (κ2) is 9.13. The van der Waals surface area contributed by atoms with Crippen LogP contribution in [0.5, 0.6) is 0 Å². The number of hydrogen-bond donors (Lipinski definition) is 0. The minimum Gasteiger partial charge on any atom is -0.348 e. The normalized spacial score (nSPS) is 27.0. The third kappa shape index (κ3) is 5.07. The molecule has 1 unspecified atom stereocenters. The summed E-state index contributed by atoms with van der Waals surface area (Å²) in [6.45, 7) is 0.0808. The van der Waals surface area contributed by atoms with E-state index in [1.807, 2.05) is 0 Å². The maximum atomic E-state index is 13.5. The lowest BCUT2D eigenvalue weighted by molar-refractivity contribution is -0.405. The molecule has 0 aromatic rings. The third-order valence-electron chi connectivity index (χ3n) is 4.59. The Morgan fingerprint density at radius 1 is 1.11 bits per heavy atom. The van der Waals surface area contributed by atoms with E-state index in [9.17, 15) is 30.7 Å². The molecule has 1 aliphatic carbocycles. The fourth-order valence-electron chi connectivity index (χ4n) is 2.84. The highest BCUT2D eigenvalue weighted by molar-refractivity contribution is 5.27. The summed E-state index contributed by atoms with van der Waals surface area (Å²) in [4.78, 5) is 0. The van der Waals surface area contributed by atoms with Gasteiger partial charge >= 0.3 is 18.0 Å². The average molecular weight is 420 g/mol. The van der Waals surface area contributed by atoms with E-state index in [4.69, 9.17) is 9.47 Å². The smallest absolute Gasteiger partial charge is 0.348 e. The van der Waals surface area contributed by atoms with Crippen molar-refractivity contribution in [3.63, 3.8) is 0 Å². The molecule has 0 saturated carbocycles. The summed E-state index contributed by atoms with van der Waals surface area (Å²) in [5.41, 5.74) is 0.498. The van der Waals surface area contributed by atoms with Crippen molar-refractivity contribution in [2.24, 2.45) is 5.92 Å². The molecule has 0 amide bonds. The van der Waals surface area contributed by atoms with Gasteiger partial charge in [-0.25, -0.2) is 4.39 Å². The Morgan fingerprint density at radius 2 is 1.75 bits per heavy atom. The molecule has 1 heterocycles. The molecule has 3 nitrogen and oxygen atoms in total. The summed E-state index contributed by atoms with van der Waals surface area (Å²) < 4.78 is 106. The lowest BCUT2D eigenvalue weighted by atomic mass is 10.0. The highest BCUT2D eigenvalue weighted by atomic mass is 19.4. The zero-order valence-electron chi connectivity index (χ0n) is 15.3. The van der Waals surface area contributed by atoms with Crippen LogP contribution in [0.15, 0.2) is 23.8 Å². The fourth-order valence-corrected chi connectivity index (χ4v) is 2.84. The summed E-state index contributed by atoms with van der Waals surface area (Å²) >= 11 is 0. The van der Waals surface area contributed by atoms with Gasteiger partial charge in [0.05, 0.1) is 19.3 Å². The van der Waals surface area contributed by atoms with Crippen molar-refractivity contribution in [1.29, 1.82) is 0 Å². The van der Waals surface area contributed by atoms with Gasteiger partial charge in [0.2, 0.25) is 0 Å². The Kier molecular flexibility index (Phi) is 7.55. The SMILES string of the molecule is CCCCC1COC(C2=CCC(OC(F)(F)C(F)(F)C(F)(F)CF)C=C2)OC1. The molecule has 0 spiro atoms. The first-order valence-electron chi connectivity index (χ1n) is 9.02. The molecule has 0 aromatic carbocycles. The van der Waals surface area contributed by atoms with E-state index in [0.717, 1.165) is 25.3 Å². The molecule has 1 fully saturated rings. The van der Waals surface area contributed by atoms with E-state index in [1.54, 1.807) is 0 Å². The predicted octanol–water partition coefficient (Wildman–Crippen LogP) is 5.27. The minimum absolute atomic E-state index is 0.263. The van der Waals surface area contributed by atoms with Crippen molar-refractivity contribution in [3.8, 4) is 0 Å². The largest absolute Gasteiger partial charge is 0.426 e. The molecule has 0 N–H and O–H groups in total. The zero-order chi connectivity index (χ0) is 21.0. The van der Waals surface area contributed by atoms with Crippen molar-refractivity contribution in [1.82, 2.24) is 0 Å². The van der Waals surface area contributed by atoms with Crippen LogP contribution in [0.1, 0.15) is 32.6 Å². The van der Waals surface area contributed by atoms with Gasteiger partial charge in [-0.3, -0.25) is 0 Å². The molecule has 10 heteroatoms. The van der Waals surface area contributed by atoms with Crippen molar-refractivity contribution >= 4 is 0 Å². The van der Waals surface area contributed by atoms with Crippen LogP contribution in [0.3, 0.4) is 0 Å². The number of alkyl halides is 7. The van der Waals surface area contributed by atoms with Crippen LogP contribution >= 0.6 is 0 Å². The Balaban J connectivity index is 1.90. The first-order chi connectivity index (χ1) is 13.0. The van der Waals surface area contributed by atoms with E-state index in [2.05, 4.69) is 11.7 Å². The molecule has 0 radical (unpaired) electrons. The Hall–Kier alpha value is -1.13. The van der Waals surface area contributed by atoms with Crippen molar-refractivity contribution in [2.45, 2.75) is 63.0 Å². The molecule has 1 saturated heterocycles. The summed E-state index contributed by atoms with van der Waals surface area (Å²) in [6, 6.07) is 0. The molecule has 0 aromatic heterocycles. The highest BCUT2D eigenvalue weighted by Gasteiger charge is 2.73. The first-order valence-corrected chi connectivity index (χ1v) is 9.02. The van der Waals surface area contributed by atoms with E-state index in [0.29, 0.717) is 18.8 Å². The Bertz CT molecular complexity index is 570. The maximum Gasteiger partial charge on any atom is 0.426 e. The molecule has 0 bridgehead atoms. The van der Waals surface area contributed by atoms with E-state index < -0.39 is 37.0 Å². The van der Waals surface area contributed by atoms with Crippen LogP contribution in [0.4, 0.5) is 30.7 Å². The standard InChI is InChI=1S/C18H23F7O3/c1-2-3-4-12-9-26-15(27-10-12)13-5-7-14(8-6-13)28-18(24,25)17(22,23)16(20,21)11-19/h5-7,12,14-15H,2-4,8-11H2,1H3. The zero-order valence-corrected chi connectivity index (χ0v) is 15.3. The van der Waals surface area contributed by atoms with Gasteiger partial charge in [0.1, 0.15) is 0 Å². The first kappa shape index (κ1) is 23.2. The van der Waals surface area contributed by atoms with Crippen LogP contribution in [0.25, 0.3) is 0 Å². The van der Waals surface area contributed by atoms with Gasteiger partial charge in [-0.1, -0.05) is 38.0 Å². The molecular weight excluding hydrogens is 397 g/mol. The van der Waals surface area contributed by atoms with Crippen LogP contribution in [-0.2, 0) is 14.2 Å². The van der Waals surface area contributed by atoms with Gasteiger partial charge in [-0.15, -0.1) is 0 Å². The van der Waals surface area contributed by atoms with Crippen LogP contribution in [-0.4, -0.2) is 50.2 Å². The molecular formula is C18H23F7O3. The van der Waals surface area contributed by atoms with Crippen LogP contribution < -0.4 is 0 Å². The second-order valence-electron chi connectivity index (χ2n) is 6.89. The number of halogens is 7. The molecule has 1 aliphatic heterocycles. The quantitative estimate of drug-likeness (QED) is 0.476. The summed E-state index contributed by atoms with van der Waals surface area (Å²) in [5.74, 6) is -11.3. The predicted molar refractivity (Wildman–Crippen MR) is 86.2 cm³/mol. The molecule has 1 atom stereocenters. The highest BCUT2D eigenvalue weighted by Crippen LogP contribution is 2.47. The molecule has 2 rings (SSSR count). The van der Waals surface area contributed by atoms with Gasteiger partial charge in [-0.05, 0) is 12.8 Å². The van der Waals surface area contributed by atoms with E-state index in [1.165, 1.54) is 12.2 Å². The molecule has 162 valence electrons.